The third kappa shape index (κ3) is 4.12. The summed E-state index contributed by atoms with van der Waals surface area (Å²) in [7, 11) is 0. The van der Waals surface area contributed by atoms with E-state index in [1.165, 1.54) is 17.4 Å². The first-order chi connectivity index (χ1) is 12.8. The number of benzene rings is 1. The molecule has 1 amide bonds. The number of esters is 1. The van der Waals surface area contributed by atoms with Crippen LogP contribution in [0.5, 0.6) is 0 Å². The van der Waals surface area contributed by atoms with E-state index in [0.717, 1.165) is 11.3 Å². The fraction of sp³-hybridized carbons (Fsp3) is 0.118. The molecular weight excluding hydrogens is 451 g/mol. The molecule has 0 aliphatic heterocycles. The van der Waals surface area contributed by atoms with Crippen molar-refractivity contribution < 1.29 is 14.3 Å². The lowest BCUT2D eigenvalue weighted by molar-refractivity contribution is 0.0554. The molecule has 5 nitrogen and oxygen atoms in total. The van der Waals surface area contributed by atoms with Crippen molar-refractivity contribution >= 4 is 84.6 Å². The van der Waals surface area contributed by atoms with Gasteiger partial charge in [0.25, 0.3) is 5.91 Å². The fourth-order valence-electron chi connectivity index (χ4n) is 2.25. The van der Waals surface area contributed by atoms with Gasteiger partial charge in [-0.25, -0.2) is 9.78 Å². The van der Waals surface area contributed by atoms with Crippen LogP contribution in [0.4, 0.5) is 5.13 Å². The minimum absolute atomic E-state index is 0.0958. The van der Waals surface area contributed by atoms with E-state index >= 15 is 0 Å². The standard InChI is InChI=1S/C17H11Cl3N2O3S2/c1-3-4-25-16(24)13-7(2)21-17(27-13)22-15(23)14-12(20)11-9(19)5-8(18)6-10(11)26-14/h3,5-6H,1,4H2,2H3,(H,21,22,23). The molecule has 1 N–H and O–H groups in total. The number of carbonyl (C=O) groups is 2. The average molecular weight is 462 g/mol. The molecule has 0 radical (unpaired) electrons. The number of ether oxygens (including phenoxy) is 1. The van der Waals surface area contributed by atoms with Crippen molar-refractivity contribution in [1.82, 2.24) is 4.98 Å². The van der Waals surface area contributed by atoms with E-state index in [9.17, 15) is 9.59 Å². The van der Waals surface area contributed by atoms with Crippen LogP contribution in [0.3, 0.4) is 0 Å². The van der Waals surface area contributed by atoms with E-state index in [-0.39, 0.29) is 21.6 Å². The van der Waals surface area contributed by atoms with E-state index in [4.69, 9.17) is 39.5 Å². The fourth-order valence-corrected chi connectivity index (χ4v) is 5.38. The van der Waals surface area contributed by atoms with Crippen LogP contribution in [-0.4, -0.2) is 23.5 Å². The SMILES string of the molecule is C=CCOC(=O)c1sc(NC(=O)c2sc3cc(Cl)cc(Cl)c3c2Cl)nc1C. The quantitative estimate of drug-likeness (QED) is 0.362. The largest absolute Gasteiger partial charge is 0.457 e. The maximum atomic E-state index is 12.6. The number of halogens is 3. The summed E-state index contributed by atoms with van der Waals surface area (Å²) < 4.78 is 5.70. The van der Waals surface area contributed by atoms with E-state index in [0.29, 0.717) is 30.7 Å². The Bertz CT molecular complexity index is 1080. The van der Waals surface area contributed by atoms with Crippen molar-refractivity contribution in [1.29, 1.82) is 0 Å². The van der Waals surface area contributed by atoms with Crippen LogP contribution in [0.25, 0.3) is 10.1 Å². The van der Waals surface area contributed by atoms with Crippen molar-refractivity contribution in [3.8, 4) is 0 Å². The summed E-state index contributed by atoms with van der Waals surface area (Å²) in [5, 5.41) is 4.56. The Labute approximate surface area is 177 Å². The van der Waals surface area contributed by atoms with E-state index < -0.39 is 11.9 Å². The second-order valence-electron chi connectivity index (χ2n) is 5.28. The lowest BCUT2D eigenvalue weighted by atomic mass is 10.2. The Morgan fingerprint density at radius 1 is 1.26 bits per heavy atom. The maximum Gasteiger partial charge on any atom is 0.350 e. The molecule has 0 bridgehead atoms. The van der Waals surface area contributed by atoms with Crippen LogP contribution in [0.15, 0.2) is 24.8 Å². The molecule has 0 spiro atoms. The zero-order valence-electron chi connectivity index (χ0n) is 13.8. The molecule has 0 atom stereocenters. The van der Waals surface area contributed by atoms with Crippen LogP contribution in [-0.2, 0) is 4.74 Å². The molecule has 2 aromatic heterocycles. The highest BCUT2D eigenvalue weighted by atomic mass is 35.5. The number of hydrogen-bond acceptors (Lipinski definition) is 6. The number of hydrogen-bond donors (Lipinski definition) is 1. The van der Waals surface area contributed by atoms with E-state index in [1.54, 1.807) is 19.1 Å². The number of nitrogens with zero attached hydrogens (tertiary/aromatic N) is 1. The first-order valence-corrected chi connectivity index (χ1v) is 10.2. The monoisotopic (exact) mass is 460 g/mol. The van der Waals surface area contributed by atoms with Gasteiger partial charge in [0.15, 0.2) is 5.13 Å². The molecule has 0 saturated carbocycles. The molecule has 27 heavy (non-hydrogen) atoms. The van der Waals surface area contributed by atoms with Gasteiger partial charge in [-0.3, -0.25) is 10.1 Å². The van der Waals surface area contributed by atoms with Gasteiger partial charge in [-0.05, 0) is 19.1 Å². The molecule has 3 aromatic rings. The predicted octanol–water partition coefficient (Wildman–Crippen LogP) is 6.22. The van der Waals surface area contributed by atoms with Crippen LogP contribution < -0.4 is 5.32 Å². The molecule has 140 valence electrons. The molecule has 0 saturated heterocycles. The number of anilines is 1. The minimum atomic E-state index is -0.522. The summed E-state index contributed by atoms with van der Waals surface area (Å²) in [5.41, 5.74) is 0.460. The van der Waals surface area contributed by atoms with Gasteiger partial charge < -0.3 is 4.74 Å². The topological polar surface area (TPSA) is 68.3 Å². The van der Waals surface area contributed by atoms with Crippen LogP contribution in [0.2, 0.25) is 15.1 Å². The van der Waals surface area contributed by atoms with Crippen LogP contribution >= 0.6 is 57.5 Å². The van der Waals surface area contributed by atoms with Crippen molar-refractivity contribution in [2.75, 3.05) is 11.9 Å². The van der Waals surface area contributed by atoms with E-state index in [2.05, 4.69) is 16.9 Å². The average Bonchev–Trinajstić information content (AvgIpc) is 3.12. The van der Waals surface area contributed by atoms with Gasteiger partial charge >= 0.3 is 5.97 Å². The Morgan fingerprint density at radius 2 is 2.00 bits per heavy atom. The van der Waals surface area contributed by atoms with Gasteiger partial charge in [0, 0.05) is 15.1 Å². The summed E-state index contributed by atoms with van der Waals surface area (Å²) in [6.45, 7) is 5.24. The molecule has 2 heterocycles. The zero-order chi connectivity index (χ0) is 19.7. The third-order valence-electron chi connectivity index (χ3n) is 3.39. The normalized spacial score (nSPS) is 10.8. The van der Waals surface area contributed by atoms with Gasteiger partial charge in [-0.15, -0.1) is 11.3 Å². The molecule has 0 fully saturated rings. The Hall–Kier alpha value is -1.64. The minimum Gasteiger partial charge on any atom is -0.457 e. The maximum absolute atomic E-state index is 12.6. The summed E-state index contributed by atoms with van der Waals surface area (Å²) in [6, 6.07) is 3.26. The van der Waals surface area contributed by atoms with Crippen molar-refractivity contribution in [2.24, 2.45) is 0 Å². The molecule has 0 unspecified atom stereocenters. The Kier molecular flexibility index (Phi) is 6.08. The van der Waals surface area contributed by atoms with Gasteiger partial charge in [0.2, 0.25) is 0 Å². The lowest BCUT2D eigenvalue weighted by Gasteiger charge is -2.00. The Morgan fingerprint density at radius 3 is 2.70 bits per heavy atom. The number of aryl methyl sites for hydroxylation is 1. The Balaban J connectivity index is 1.87. The van der Waals surface area contributed by atoms with Crippen molar-refractivity contribution in [2.45, 2.75) is 6.92 Å². The highest BCUT2D eigenvalue weighted by Crippen LogP contribution is 2.41. The van der Waals surface area contributed by atoms with E-state index in [1.807, 2.05) is 0 Å². The predicted molar refractivity (Wildman–Crippen MR) is 112 cm³/mol. The number of nitrogens with one attached hydrogen (secondary N) is 1. The molecule has 10 heteroatoms. The van der Waals surface area contributed by atoms with Crippen LogP contribution in [0, 0.1) is 6.92 Å². The molecular formula is C17H11Cl3N2O3S2. The first-order valence-electron chi connectivity index (χ1n) is 7.45. The highest BCUT2D eigenvalue weighted by molar-refractivity contribution is 7.22. The van der Waals surface area contributed by atoms with Crippen molar-refractivity contribution in [3.63, 3.8) is 0 Å². The third-order valence-corrected chi connectivity index (χ3v) is 6.59. The number of fused-ring (bicyclic) bond motifs is 1. The second kappa shape index (κ2) is 8.16. The smallest absolute Gasteiger partial charge is 0.350 e. The summed E-state index contributed by atoms with van der Waals surface area (Å²) >= 11 is 20.7. The summed E-state index contributed by atoms with van der Waals surface area (Å²) in [6.07, 6.45) is 1.47. The number of carbonyl (C=O) groups excluding carboxylic acids is 2. The summed E-state index contributed by atoms with van der Waals surface area (Å²) in [4.78, 5) is 29.4. The van der Waals surface area contributed by atoms with Gasteiger partial charge in [-0.1, -0.05) is 58.8 Å². The number of thiophene rings is 1. The van der Waals surface area contributed by atoms with Gasteiger partial charge in [0.05, 0.1) is 15.7 Å². The molecule has 0 aliphatic carbocycles. The molecule has 1 aromatic carbocycles. The van der Waals surface area contributed by atoms with Crippen LogP contribution in [0.1, 0.15) is 25.0 Å². The lowest BCUT2D eigenvalue weighted by Crippen LogP contribution is -2.10. The molecule has 0 aliphatic rings. The number of rotatable bonds is 5. The van der Waals surface area contributed by atoms with Gasteiger partial charge in [-0.2, -0.15) is 0 Å². The zero-order valence-corrected chi connectivity index (χ0v) is 17.7. The first kappa shape index (κ1) is 20.1. The summed E-state index contributed by atoms with van der Waals surface area (Å²) in [5.74, 6) is -0.972. The van der Waals surface area contributed by atoms with Gasteiger partial charge in [0.1, 0.15) is 16.4 Å². The number of thiazole rings is 1. The molecule has 3 rings (SSSR count). The number of aromatic nitrogens is 1. The van der Waals surface area contributed by atoms with Crippen molar-refractivity contribution in [3.05, 3.63) is 55.3 Å². The second-order valence-corrected chi connectivity index (χ2v) is 8.55. The number of amides is 1. The highest BCUT2D eigenvalue weighted by Gasteiger charge is 2.22.